The monoisotopic (exact) mass is 382 g/mol. The van der Waals surface area contributed by atoms with Crippen LogP contribution in [0.1, 0.15) is 103 Å². The molecule has 0 aromatic heterocycles. The van der Waals surface area contributed by atoms with Gasteiger partial charge in [0.2, 0.25) is 5.91 Å². The normalized spacial score (nSPS) is 15.1. The minimum atomic E-state index is 0.236. The van der Waals surface area contributed by atoms with Crippen molar-refractivity contribution in [2.24, 2.45) is 0 Å². The van der Waals surface area contributed by atoms with Gasteiger partial charge >= 0.3 is 0 Å². The van der Waals surface area contributed by atoms with Crippen molar-refractivity contribution in [1.82, 2.24) is 10.2 Å². The van der Waals surface area contributed by atoms with Gasteiger partial charge in [0.05, 0.1) is 13.2 Å². The summed E-state index contributed by atoms with van der Waals surface area (Å²) in [5.41, 5.74) is 0. The Bertz CT molecular complexity index is 330. The first-order chi connectivity index (χ1) is 13.3. The molecule has 0 saturated carbocycles. The third-order valence-corrected chi connectivity index (χ3v) is 5.58. The Balaban J connectivity index is 1.74. The van der Waals surface area contributed by atoms with Gasteiger partial charge in [0.25, 0.3) is 0 Å². The van der Waals surface area contributed by atoms with E-state index in [1.165, 1.54) is 77.0 Å². The molecule has 1 saturated heterocycles. The molecule has 1 aliphatic heterocycles. The zero-order valence-corrected chi connectivity index (χ0v) is 18.1. The smallest absolute Gasteiger partial charge is 0.219 e. The van der Waals surface area contributed by atoms with Crippen LogP contribution in [0.15, 0.2) is 0 Å². The molecule has 0 spiro atoms. The van der Waals surface area contributed by atoms with Crippen LogP contribution in [0, 0.1) is 0 Å². The lowest BCUT2D eigenvalue weighted by Crippen LogP contribution is -2.38. The Morgan fingerprint density at radius 1 is 0.778 bits per heavy atom. The highest BCUT2D eigenvalue weighted by molar-refractivity contribution is 5.75. The number of carbonyl (C=O) groups is 1. The first kappa shape index (κ1) is 24.4. The average molecular weight is 383 g/mol. The number of unbranched alkanes of at least 4 members (excludes halogenated alkanes) is 12. The average Bonchev–Trinajstić information content (AvgIpc) is 2.69. The molecular formula is C23H46N2O2. The van der Waals surface area contributed by atoms with Crippen LogP contribution in [0.3, 0.4) is 0 Å². The topological polar surface area (TPSA) is 41.6 Å². The lowest BCUT2D eigenvalue weighted by Gasteiger charge is -2.26. The maximum Gasteiger partial charge on any atom is 0.219 e. The van der Waals surface area contributed by atoms with Crippen molar-refractivity contribution in [2.45, 2.75) is 103 Å². The zero-order valence-electron chi connectivity index (χ0n) is 18.1. The van der Waals surface area contributed by atoms with Gasteiger partial charge in [0.15, 0.2) is 0 Å². The van der Waals surface area contributed by atoms with Gasteiger partial charge in [-0.25, -0.2) is 0 Å². The molecule has 0 aliphatic carbocycles. The number of hydrogen-bond donors (Lipinski definition) is 1. The molecule has 1 amide bonds. The number of carbonyl (C=O) groups excluding carboxylic acids is 1. The summed E-state index contributed by atoms with van der Waals surface area (Å²) in [6, 6.07) is 0. The maximum absolute atomic E-state index is 11.9. The molecule has 0 unspecified atom stereocenters. The molecule has 0 radical (unpaired) electrons. The van der Waals surface area contributed by atoms with Gasteiger partial charge < -0.3 is 10.1 Å². The van der Waals surface area contributed by atoms with Crippen LogP contribution in [-0.2, 0) is 9.53 Å². The van der Waals surface area contributed by atoms with E-state index in [0.29, 0.717) is 6.42 Å². The summed E-state index contributed by atoms with van der Waals surface area (Å²) in [7, 11) is 0. The molecule has 1 rings (SSSR count). The fourth-order valence-corrected chi connectivity index (χ4v) is 3.75. The molecule has 160 valence electrons. The number of amides is 1. The number of morpholine rings is 1. The third kappa shape index (κ3) is 16.1. The Hall–Kier alpha value is -0.610. The Kier molecular flexibility index (Phi) is 17.0. The van der Waals surface area contributed by atoms with E-state index in [0.717, 1.165) is 52.2 Å². The highest BCUT2D eigenvalue weighted by Crippen LogP contribution is 2.12. The van der Waals surface area contributed by atoms with Crippen LogP contribution in [0.5, 0.6) is 0 Å². The predicted octanol–water partition coefficient (Wildman–Crippen LogP) is 5.31. The molecule has 0 bridgehead atoms. The molecule has 0 aromatic rings. The second-order valence-corrected chi connectivity index (χ2v) is 8.15. The highest BCUT2D eigenvalue weighted by atomic mass is 16.5. The Morgan fingerprint density at radius 2 is 1.30 bits per heavy atom. The van der Waals surface area contributed by atoms with Crippen molar-refractivity contribution in [3.8, 4) is 0 Å². The van der Waals surface area contributed by atoms with E-state index in [1.54, 1.807) is 0 Å². The quantitative estimate of drug-likeness (QED) is 0.327. The first-order valence-corrected chi connectivity index (χ1v) is 11.9. The SMILES string of the molecule is CCCCCCCCCCCCCCCC(=O)NCCCN1CCOCC1. The van der Waals surface area contributed by atoms with E-state index in [2.05, 4.69) is 17.1 Å². The summed E-state index contributed by atoms with van der Waals surface area (Å²) in [5, 5.41) is 3.07. The van der Waals surface area contributed by atoms with Crippen molar-refractivity contribution in [3.05, 3.63) is 0 Å². The van der Waals surface area contributed by atoms with Crippen LogP contribution >= 0.6 is 0 Å². The van der Waals surface area contributed by atoms with E-state index in [9.17, 15) is 4.79 Å². The van der Waals surface area contributed by atoms with Crippen molar-refractivity contribution in [1.29, 1.82) is 0 Å². The molecule has 1 heterocycles. The third-order valence-electron chi connectivity index (χ3n) is 5.58. The standard InChI is InChI=1S/C23H46N2O2/c1-2-3-4-5-6-7-8-9-10-11-12-13-14-16-23(26)24-17-15-18-25-19-21-27-22-20-25/h2-22H2,1H3,(H,24,26). The van der Waals surface area contributed by atoms with Crippen molar-refractivity contribution in [2.75, 3.05) is 39.4 Å². The van der Waals surface area contributed by atoms with E-state index in [4.69, 9.17) is 4.74 Å². The van der Waals surface area contributed by atoms with E-state index >= 15 is 0 Å². The van der Waals surface area contributed by atoms with Crippen LogP contribution in [0.4, 0.5) is 0 Å². The molecular weight excluding hydrogens is 336 g/mol. The number of nitrogens with one attached hydrogen (secondary N) is 1. The lowest BCUT2D eigenvalue weighted by atomic mass is 10.0. The summed E-state index contributed by atoms with van der Waals surface area (Å²) in [6.45, 7) is 7.94. The van der Waals surface area contributed by atoms with Gasteiger partial charge in [-0.2, -0.15) is 0 Å². The largest absolute Gasteiger partial charge is 0.379 e. The Labute approximate surface area is 168 Å². The molecule has 1 fully saturated rings. The summed E-state index contributed by atoms with van der Waals surface area (Å²) >= 11 is 0. The van der Waals surface area contributed by atoms with Crippen molar-refractivity contribution in [3.63, 3.8) is 0 Å². The molecule has 27 heavy (non-hydrogen) atoms. The van der Waals surface area contributed by atoms with Gasteiger partial charge in [-0.3, -0.25) is 9.69 Å². The van der Waals surface area contributed by atoms with Gasteiger partial charge in [-0.15, -0.1) is 0 Å². The van der Waals surface area contributed by atoms with Crippen LogP contribution < -0.4 is 5.32 Å². The molecule has 4 nitrogen and oxygen atoms in total. The fraction of sp³-hybridized carbons (Fsp3) is 0.957. The molecule has 1 N–H and O–H groups in total. The second kappa shape index (κ2) is 18.7. The van der Waals surface area contributed by atoms with Gasteiger partial charge in [0.1, 0.15) is 0 Å². The summed E-state index contributed by atoms with van der Waals surface area (Å²) in [6.07, 6.45) is 19.3. The van der Waals surface area contributed by atoms with Crippen molar-refractivity contribution < 1.29 is 9.53 Å². The first-order valence-electron chi connectivity index (χ1n) is 11.9. The molecule has 0 atom stereocenters. The summed E-state index contributed by atoms with van der Waals surface area (Å²) < 4.78 is 5.35. The van der Waals surface area contributed by atoms with E-state index in [1.807, 2.05) is 0 Å². The number of rotatable bonds is 18. The highest BCUT2D eigenvalue weighted by Gasteiger charge is 2.09. The fourth-order valence-electron chi connectivity index (χ4n) is 3.75. The predicted molar refractivity (Wildman–Crippen MR) is 115 cm³/mol. The second-order valence-electron chi connectivity index (χ2n) is 8.15. The molecule has 0 aromatic carbocycles. The lowest BCUT2D eigenvalue weighted by molar-refractivity contribution is -0.121. The number of ether oxygens (including phenoxy) is 1. The van der Waals surface area contributed by atoms with Crippen LogP contribution in [-0.4, -0.2) is 50.2 Å². The van der Waals surface area contributed by atoms with Crippen LogP contribution in [0.2, 0.25) is 0 Å². The summed E-state index contributed by atoms with van der Waals surface area (Å²) in [5.74, 6) is 0.236. The molecule has 4 heteroatoms. The number of nitrogens with zero attached hydrogens (tertiary/aromatic N) is 1. The maximum atomic E-state index is 11.9. The summed E-state index contributed by atoms with van der Waals surface area (Å²) in [4.78, 5) is 14.3. The van der Waals surface area contributed by atoms with Gasteiger partial charge in [0, 0.05) is 26.1 Å². The number of hydrogen-bond acceptors (Lipinski definition) is 3. The van der Waals surface area contributed by atoms with E-state index < -0.39 is 0 Å². The van der Waals surface area contributed by atoms with Gasteiger partial charge in [-0.1, -0.05) is 84.0 Å². The van der Waals surface area contributed by atoms with E-state index in [-0.39, 0.29) is 5.91 Å². The van der Waals surface area contributed by atoms with Crippen LogP contribution in [0.25, 0.3) is 0 Å². The minimum absolute atomic E-state index is 0.236. The molecule has 1 aliphatic rings. The minimum Gasteiger partial charge on any atom is -0.379 e. The van der Waals surface area contributed by atoms with Crippen molar-refractivity contribution >= 4 is 5.91 Å². The zero-order chi connectivity index (χ0) is 19.4. The Morgan fingerprint density at radius 3 is 1.85 bits per heavy atom. The van der Waals surface area contributed by atoms with Gasteiger partial charge in [-0.05, 0) is 19.4 Å².